The maximum Gasteiger partial charge on any atom is 0.469 e. The first-order valence-corrected chi connectivity index (χ1v) is 23.4. The Bertz CT molecular complexity index is 802. The van der Waals surface area contributed by atoms with Crippen molar-refractivity contribution in [1.82, 2.24) is 0 Å². The van der Waals surface area contributed by atoms with Crippen LogP contribution in [0.4, 0.5) is 0 Å². The summed E-state index contributed by atoms with van der Waals surface area (Å²) in [6.45, 7) is 3.70. The number of hydrogen-bond acceptors (Lipinski definition) is 6. The highest BCUT2D eigenvalue weighted by atomic mass is 31.2. The number of unbranched alkanes of at least 4 members (excludes halogenated alkanes) is 31. The Morgan fingerprint density at radius 2 is 0.706 bits per heavy atom. The molecule has 0 aromatic rings. The SMILES string of the molecule is CCCCCCCCCCCCCCCCCCCCCCCCCC(=O)OC[C@H](COP(=O)(O)O)OC(=O)CCCCCCCCCCCC. The van der Waals surface area contributed by atoms with Gasteiger partial charge < -0.3 is 19.3 Å². The Kier molecular flexibility index (Phi) is 38.0. The lowest BCUT2D eigenvalue weighted by Gasteiger charge is -2.18. The minimum absolute atomic E-state index is 0.219. The monoisotopic (exact) mass is 747 g/mol. The van der Waals surface area contributed by atoms with Gasteiger partial charge in [0.2, 0.25) is 0 Å². The largest absolute Gasteiger partial charge is 0.469 e. The second kappa shape index (κ2) is 38.8. The number of phosphoric ester groups is 1. The Labute approximate surface area is 315 Å². The molecule has 0 unspecified atom stereocenters. The van der Waals surface area contributed by atoms with Crippen LogP contribution in [-0.2, 0) is 28.2 Å². The third-order valence-corrected chi connectivity index (χ3v) is 10.4. The average Bonchev–Trinajstić information content (AvgIpc) is 3.10. The fourth-order valence-corrected chi connectivity index (χ4v) is 6.97. The number of carbonyl (C=O) groups is 2. The third-order valence-electron chi connectivity index (χ3n) is 9.88. The topological polar surface area (TPSA) is 119 Å². The van der Waals surface area contributed by atoms with Crippen molar-refractivity contribution >= 4 is 19.8 Å². The second-order valence-corrected chi connectivity index (χ2v) is 16.3. The molecule has 0 bridgehead atoms. The molecule has 0 aromatic carbocycles. The van der Waals surface area contributed by atoms with Gasteiger partial charge in [-0.1, -0.05) is 213 Å². The summed E-state index contributed by atoms with van der Waals surface area (Å²) in [4.78, 5) is 42.7. The summed E-state index contributed by atoms with van der Waals surface area (Å²) in [6, 6.07) is 0. The summed E-state index contributed by atoms with van der Waals surface area (Å²) < 4.78 is 26.3. The molecule has 1 atom stereocenters. The molecule has 0 spiro atoms. The predicted molar refractivity (Wildman–Crippen MR) is 212 cm³/mol. The first-order chi connectivity index (χ1) is 24.8. The normalized spacial score (nSPS) is 12.3. The third kappa shape index (κ3) is 41.7. The molecule has 0 saturated carbocycles. The Balaban J connectivity index is 3.73. The minimum atomic E-state index is -4.74. The molecule has 0 aliphatic heterocycles. The Hall–Kier alpha value is -0.950. The smallest absolute Gasteiger partial charge is 0.462 e. The van der Waals surface area contributed by atoms with Crippen LogP contribution in [0, 0.1) is 0 Å². The van der Waals surface area contributed by atoms with E-state index in [1.54, 1.807) is 0 Å². The molecule has 8 nitrogen and oxygen atoms in total. The molecule has 0 aliphatic rings. The zero-order valence-corrected chi connectivity index (χ0v) is 34.4. The van der Waals surface area contributed by atoms with Gasteiger partial charge in [0.1, 0.15) is 6.61 Å². The van der Waals surface area contributed by atoms with Crippen molar-refractivity contribution in [3.8, 4) is 0 Å². The van der Waals surface area contributed by atoms with Crippen molar-refractivity contribution in [3.05, 3.63) is 0 Å². The number of hydrogen-bond donors (Lipinski definition) is 2. The van der Waals surface area contributed by atoms with E-state index < -0.39 is 32.5 Å². The number of esters is 2. The lowest BCUT2D eigenvalue weighted by Crippen LogP contribution is -2.29. The molecule has 0 radical (unpaired) electrons. The molecule has 9 heteroatoms. The molecule has 0 saturated heterocycles. The number of phosphoric acid groups is 1. The Morgan fingerprint density at radius 3 is 1.00 bits per heavy atom. The summed E-state index contributed by atoms with van der Waals surface area (Å²) >= 11 is 0. The van der Waals surface area contributed by atoms with E-state index in [4.69, 9.17) is 19.3 Å². The quantitative estimate of drug-likeness (QED) is 0.0360. The van der Waals surface area contributed by atoms with E-state index in [9.17, 15) is 14.2 Å². The molecular weight excluding hydrogens is 663 g/mol. The van der Waals surface area contributed by atoms with Gasteiger partial charge in [0.15, 0.2) is 6.10 Å². The second-order valence-electron chi connectivity index (χ2n) is 15.0. The van der Waals surface area contributed by atoms with Gasteiger partial charge in [0, 0.05) is 12.8 Å². The van der Waals surface area contributed by atoms with Gasteiger partial charge in [-0.25, -0.2) is 4.57 Å². The van der Waals surface area contributed by atoms with Crippen molar-refractivity contribution in [2.24, 2.45) is 0 Å². The van der Waals surface area contributed by atoms with Crippen LogP contribution in [0.5, 0.6) is 0 Å². The van der Waals surface area contributed by atoms with Crippen LogP contribution in [0.1, 0.15) is 239 Å². The van der Waals surface area contributed by atoms with E-state index in [2.05, 4.69) is 18.4 Å². The van der Waals surface area contributed by atoms with Crippen LogP contribution in [0.15, 0.2) is 0 Å². The van der Waals surface area contributed by atoms with Crippen molar-refractivity contribution < 1.29 is 37.9 Å². The van der Waals surface area contributed by atoms with E-state index in [1.807, 2.05) is 0 Å². The van der Waals surface area contributed by atoms with Gasteiger partial charge in [-0.3, -0.25) is 14.1 Å². The van der Waals surface area contributed by atoms with E-state index >= 15 is 0 Å². The van der Waals surface area contributed by atoms with Crippen LogP contribution < -0.4 is 0 Å². The Morgan fingerprint density at radius 1 is 0.431 bits per heavy atom. The first-order valence-electron chi connectivity index (χ1n) is 21.8. The van der Waals surface area contributed by atoms with Crippen molar-refractivity contribution in [3.63, 3.8) is 0 Å². The van der Waals surface area contributed by atoms with Gasteiger partial charge in [-0.2, -0.15) is 0 Å². The molecule has 0 heterocycles. The van der Waals surface area contributed by atoms with Crippen LogP contribution in [0.25, 0.3) is 0 Å². The average molecular weight is 747 g/mol. The maximum absolute atomic E-state index is 12.3. The summed E-state index contributed by atoms with van der Waals surface area (Å²) in [5.41, 5.74) is 0. The lowest BCUT2D eigenvalue weighted by molar-refractivity contribution is -0.161. The van der Waals surface area contributed by atoms with Gasteiger partial charge in [0.05, 0.1) is 6.61 Å². The van der Waals surface area contributed by atoms with Gasteiger partial charge in [-0.05, 0) is 12.8 Å². The molecule has 0 amide bonds. The highest BCUT2D eigenvalue weighted by Gasteiger charge is 2.22. The number of rotatable bonds is 41. The molecule has 0 aliphatic carbocycles. The first kappa shape index (κ1) is 50.1. The van der Waals surface area contributed by atoms with Crippen molar-refractivity contribution in [2.75, 3.05) is 13.2 Å². The molecule has 0 aromatic heterocycles. The van der Waals surface area contributed by atoms with Gasteiger partial charge in [0.25, 0.3) is 0 Å². The van der Waals surface area contributed by atoms with Crippen LogP contribution in [0.3, 0.4) is 0 Å². The molecule has 2 N–H and O–H groups in total. The van der Waals surface area contributed by atoms with Crippen LogP contribution in [0.2, 0.25) is 0 Å². The maximum atomic E-state index is 12.3. The number of carbonyl (C=O) groups excluding carboxylic acids is 2. The molecule has 304 valence electrons. The van der Waals surface area contributed by atoms with Crippen LogP contribution >= 0.6 is 7.82 Å². The molecule has 51 heavy (non-hydrogen) atoms. The molecule has 0 fully saturated rings. The standard InChI is InChI=1S/C42H83O8P/c1-3-5-7-9-11-13-15-16-17-18-19-20-21-22-23-24-25-26-27-29-30-32-34-36-41(43)48-38-40(39-49-51(45,46)47)50-42(44)37-35-33-31-28-14-12-10-8-6-4-2/h40H,3-39H2,1-2H3,(H2,45,46,47)/t40-/m1/s1. The fourth-order valence-electron chi connectivity index (χ4n) is 6.61. The fraction of sp³-hybridized carbons (Fsp3) is 0.952. The van der Waals surface area contributed by atoms with Gasteiger partial charge in [-0.15, -0.1) is 0 Å². The van der Waals surface area contributed by atoms with Crippen molar-refractivity contribution in [2.45, 2.75) is 245 Å². The summed E-state index contributed by atoms with van der Waals surface area (Å²) in [6.07, 6.45) is 41.3. The van der Waals surface area contributed by atoms with E-state index in [1.165, 1.54) is 167 Å². The zero-order valence-electron chi connectivity index (χ0n) is 33.5. The zero-order chi connectivity index (χ0) is 37.5. The lowest BCUT2D eigenvalue weighted by atomic mass is 10.0. The van der Waals surface area contributed by atoms with Crippen LogP contribution in [-0.4, -0.2) is 41.0 Å². The number of ether oxygens (including phenoxy) is 2. The van der Waals surface area contributed by atoms with E-state index in [0.29, 0.717) is 6.42 Å². The molecule has 0 rings (SSSR count). The van der Waals surface area contributed by atoms with Gasteiger partial charge >= 0.3 is 19.8 Å². The summed E-state index contributed by atoms with van der Waals surface area (Å²) in [7, 11) is -4.74. The minimum Gasteiger partial charge on any atom is -0.462 e. The predicted octanol–water partition coefficient (Wildman–Crippen LogP) is 13.2. The molecular formula is C42H83O8P. The summed E-state index contributed by atoms with van der Waals surface area (Å²) in [5, 5.41) is 0. The van der Waals surface area contributed by atoms with E-state index in [-0.39, 0.29) is 19.4 Å². The van der Waals surface area contributed by atoms with Crippen molar-refractivity contribution in [1.29, 1.82) is 0 Å². The highest BCUT2D eigenvalue weighted by molar-refractivity contribution is 7.46. The summed E-state index contributed by atoms with van der Waals surface area (Å²) in [5.74, 6) is -0.870. The van der Waals surface area contributed by atoms with E-state index in [0.717, 1.165) is 38.5 Å². The highest BCUT2D eigenvalue weighted by Crippen LogP contribution is 2.36.